The second-order valence-corrected chi connectivity index (χ2v) is 4.20. The van der Waals surface area contributed by atoms with Crippen molar-refractivity contribution < 1.29 is 18.3 Å². The van der Waals surface area contributed by atoms with Crippen LogP contribution >= 0.6 is 0 Å². The summed E-state index contributed by atoms with van der Waals surface area (Å²) in [7, 11) is 0. The fourth-order valence-electron chi connectivity index (χ4n) is 1.75. The molecule has 1 fully saturated rings. The molecule has 0 atom stereocenters. The van der Waals surface area contributed by atoms with Gasteiger partial charge in [-0.1, -0.05) is 12.1 Å². The lowest BCUT2D eigenvalue weighted by molar-refractivity contribution is -0.0286. The van der Waals surface area contributed by atoms with Gasteiger partial charge in [0.2, 0.25) is 0 Å². The Morgan fingerprint density at radius 2 is 2.18 bits per heavy atom. The number of alkyl halides is 2. The number of esters is 1. The van der Waals surface area contributed by atoms with Gasteiger partial charge in [0.05, 0.1) is 12.2 Å². The fraction of sp³-hybridized carbons (Fsp3) is 0.462. The van der Waals surface area contributed by atoms with E-state index in [1.807, 2.05) is 0 Å². The number of carbonyl (C=O) groups is 1. The van der Waals surface area contributed by atoms with Gasteiger partial charge in [0.15, 0.2) is 0 Å². The van der Waals surface area contributed by atoms with Crippen LogP contribution in [0.1, 0.15) is 35.7 Å². The first-order chi connectivity index (χ1) is 8.05. The lowest BCUT2D eigenvalue weighted by Gasteiger charge is -2.16. The van der Waals surface area contributed by atoms with Gasteiger partial charge in [-0.05, 0) is 31.9 Å². The Labute approximate surface area is 98.6 Å². The zero-order valence-corrected chi connectivity index (χ0v) is 9.58. The van der Waals surface area contributed by atoms with Gasteiger partial charge in [-0.25, -0.2) is 13.6 Å². The number of rotatable bonds is 4. The minimum absolute atomic E-state index is 0.0921. The Morgan fingerprint density at radius 3 is 2.76 bits per heavy atom. The third-order valence-electron chi connectivity index (χ3n) is 2.85. The molecule has 0 heterocycles. The van der Waals surface area contributed by atoms with Crippen molar-refractivity contribution in [3.8, 4) is 0 Å². The molecular weight excluding hydrogens is 226 g/mol. The molecule has 4 heteroatoms. The SMILES string of the molecule is CCOC(=O)c1cccc(C(F)(F)C2CC2)c1. The van der Waals surface area contributed by atoms with E-state index in [0.29, 0.717) is 12.8 Å². The first kappa shape index (κ1) is 12.0. The van der Waals surface area contributed by atoms with Crippen LogP contribution in [0.4, 0.5) is 8.78 Å². The molecule has 0 aromatic heterocycles. The van der Waals surface area contributed by atoms with Crippen molar-refractivity contribution in [2.45, 2.75) is 25.7 Å². The van der Waals surface area contributed by atoms with Crippen molar-refractivity contribution in [2.24, 2.45) is 5.92 Å². The lowest BCUT2D eigenvalue weighted by atomic mass is 10.0. The zero-order valence-electron chi connectivity index (χ0n) is 9.58. The van der Waals surface area contributed by atoms with E-state index in [0.717, 1.165) is 0 Å². The van der Waals surface area contributed by atoms with Crippen molar-refractivity contribution in [1.29, 1.82) is 0 Å². The summed E-state index contributed by atoms with van der Waals surface area (Å²) >= 11 is 0. The Balaban J connectivity index is 2.24. The summed E-state index contributed by atoms with van der Waals surface area (Å²) < 4.78 is 32.4. The number of hydrogen-bond donors (Lipinski definition) is 0. The van der Waals surface area contributed by atoms with E-state index in [2.05, 4.69) is 0 Å². The van der Waals surface area contributed by atoms with E-state index >= 15 is 0 Å². The largest absolute Gasteiger partial charge is 0.462 e. The molecule has 0 aliphatic heterocycles. The second-order valence-electron chi connectivity index (χ2n) is 4.20. The summed E-state index contributed by atoms with van der Waals surface area (Å²) in [6.45, 7) is 1.92. The second kappa shape index (κ2) is 4.43. The predicted molar refractivity (Wildman–Crippen MR) is 59.0 cm³/mol. The van der Waals surface area contributed by atoms with Crippen molar-refractivity contribution in [3.05, 3.63) is 35.4 Å². The summed E-state index contributed by atoms with van der Waals surface area (Å²) in [5, 5.41) is 0. The molecule has 0 spiro atoms. The summed E-state index contributed by atoms with van der Waals surface area (Å²) in [5.41, 5.74) is 0.0928. The topological polar surface area (TPSA) is 26.3 Å². The van der Waals surface area contributed by atoms with Crippen LogP contribution in [0.25, 0.3) is 0 Å². The third-order valence-corrected chi connectivity index (χ3v) is 2.85. The molecule has 1 aliphatic rings. The number of halogens is 2. The van der Waals surface area contributed by atoms with Crippen LogP contribution in [0.15, 0.2) is 24.3 Å². The maximum atomic E-state index is 13.8. The molecule has 0 bridgehead atoms. The monoisotopic (exact) mass is 240 g/mol. The van der Waals surface area contributed by atoms with Crippen molar-refractivity contribution >= 4 is 5.97 Å². The highest BCUT2D eigenvalue weighted by Gasteiger charge is 2.48. The van der Waals surface area contributed by atoms with E-state index in [9.17, 15) is 13.6 Å². The standard InChI is InChI=1S/C13H14F2O2/c1-2-17-12(16)9-4-3-5-11(8-9)13(14,15)10-6-7-10/h3-5,8,10H,2,6-7H2,1H3. The highest BCUT2D eigenvalue weighted by atomic mass is 19.3. The molecule has 1 aliphatic carbocycles. The van der Waals surface area contributed by atoms with Gasteiger partial charge < -0.3 is 4.74 Å². The molecule has 1 saturated carbocycles. The molecular formula is C13H14F2O2. The quantitative estimate of drug-likeness (QED) is 0.754. The molecule has 0 N–H and O–H groups in total. The maximum absolute atomic E-state index is 13.8. The molecule has 17 heavy (non-hydrogen) atoms. The van der Waals surface area contributed by atoms with E-state index in [-0.39, 0.29) is 17.7 Å². The fourth-order valence-corrected chi connectivity index (χ4v) is 1.75. The van der Waals surface area contributed by atoms with Crippen molar-refractivity contribution in [1.82, 2.24) is 0 Å². The molecule has 0 radical (unpaired) electrons. The highest BCUT2D eigenvalue weighted by Crippen LogP contribution is 2.49. The van der Waals surface area contributed by atoms with E-state index in [4.69, 9.17) is 4.74 Å². The van der Waals surface area contributed by atoms with Gasteiger partial charge in [0.1, 0.15) is 0 Å². The number of ether oxygens (including phenoxy) is 1. The Kier molecular flexibility index (Phi) is 3.13. The Morgan fingerprint density at radius 1 is 1.47 bits per heavy atom. The molecule has 0 amide bonds. The van der Waals surface area contributed by atoms with Crippen molar-refractivity contribution in [2.75, 3.05) is 6.61 Å². The van der Waals surface area contributed by atoms with Crippen LogP contribution in [0.3, 0.4) is 0 Å². The minimum atomic E-state index is -2.83. The number of carbonyl (C=O) groups excluding carboxylic acids is 1. The van der Waals surface area contributed by atoms with Gasteiger partial charge in [-0.15, -0.1) is 0 Å². The number of benzene rings is 1. The van der Waals surface area contributed by atoms with E-state index < -0.39 is 17.8 Å². The van der Waals surface area contributed by atoms with E-state index in [1.54, 1.807) is 6.92 Å². The first-order valence-electron chi connectivity index (χ1n) is 5.71. The molecule has 92 valence electrons. The average Bonchev–Trinajstić information content (AvgIpc) is 3.13. The molecule has 0 saturated heterocycles. The highest BCUT2D eigenvalue weighted by molar-refractivity contribution is 5.89. The van der Waals surface area contributed by atoms with Gasteiger partial charge >= 0.3 is 5.97 Å². The Bertz CT molecular complexity index is 425. The van der Waals surface area contributed by atoms with Gasteiger partial charge in [0, 0.05) is 11.5 Å². The van der Waals surface area contributed by atoms with Crippen LogP contribution in [0.5, 0.6) is 0 Å². The molecule has 1 aromatic rings. The van der Waals surface area contributed by atoms with Crippen LogP contribution in [0, 0.1) is 5.92 Å². The van der Waals surface area contributed by atoms with Crippen LogP contribution in [-0.4, -0.2) is 12.6 Å². The average molecular weight is 240 g/mol. The Hall–Kier alpha value is -1.45. The normalized spacial score (nSPS) is 15.7. The van der Waals surface area contributed by atoms with Gasteiger partial charge in [-0.2, -0.15) is 0 Å². The first-order valence-corrected chi connectivity index (χ1v) is 5.71. The molecule has 2 rings (SSSR count). The third kappa shape index (κ3) is 2.46. The summed E-state index contributed by atoms with van der Waals surface area (Å²) in [5.74, 6) is -3.96. The minimum Gasteiger partial charge on any atom is -0.462 e. The molecule has 2 nitrogen and oxygen atoms in total. The predicted octanol–water partition coefficient (Wildman–Crippen LogP) is 3.37. The summed E-state index contributed by atoms with van der Waals surface area (Å²) in [6.07, 6.45) is 1.10. The number of hydrogen-bond acceptors (Lipinski definition) is 2. The molecule has 0 unspecified atom stereocenters. The smallest absolute Gasteiger partial charge is 0.338 e. The van der Waals surface area contributed by atoms with Gasteiger partial charge in [-0.3, -0.25) is 0 Å². The van der Waals surface area contributed by atoms with Crippen LogP contribution in [-0.2, 0) is 10.7 Å². The summed E-state index contributed by atoms with van der Waals surface area (Å²) in [4.78, 5) is 11.4. The lowest BCUT2D eigenvalue weighted by Crippen LogP contribution is -2.17. The molecule has 1 aromatic carbocycles. The maximum Gasteiger partial charge on any atom is 0.338 e. The summed E-state index contributed by atoms with van der Waals surface area (Å²) in [6, 6.07) is 5.56. The van der Waals surface area contributed by atoms with E-state index in [1.165, 1.54) is 24.3 Å². The van der Waals surface area contributed by atoms with Crippen LogP contribution < -0.4 is 0 Å². The zero-order chi connectivity index (χ0) is 12.5. The van der Waals surface area contributed by atoms with Gasteiger partial charge in [0.25, 0.3) is 5.92 Å². The van der Waals surface area contributed by atoms with Crippen molar-refractivity contribution in [3.63, 3.8) is 0 Å². The van der Waals surface area contributed by atoms with Crippen LogP contribution in [0.2, 0.25) is 0 Å².